The Morgan fingerprint density at radius 3 is 2.90 bits per heavy atom. The first-order valence-electron chi connectivity index (χ1n) is 7.57. The van der Waals surface area contributed by atoms with E-state index in [0.717, 1.165) is 43.1 Å². The van der Waals surface area contributed by atoms with Gasteiger partial charge in [0, 0.05) is 26.0 Å². The maximum absolute atomic E-state index is 10.7. The molecule has 1 fully saturated rings. The number of aliphatic hydroxyl groups is 1. The van der Waals surface area contributed by atoms with Crippen LogP contribution in [0.5, 0.6) is 0 Å². The maximum Gasteiger partial charge on any atom is 0.180 e. The molecule has 0 radical (unpaired) electrons. The van der Waals surface area contributed by atoms with Gasteiger partial charge in [-0.1, -0.05) is 6.92 Å². The summed E-state index contributed by atoms with van der Waals surface area (Å²) in [4.78, 5) is 8.83. The quantitative estimate of drug-likeness (QED) is 0.804. The molecule has 2 aromatic rings. The number of hydrogen-bond donors (Lipinski definition) is 3. The lowest BCUT2D eigenvalue weighted by Gasteiger charge is -2.35. The van der Waals surface area contributed by atoms with Crippen molar-refractivity contribution >= 4 is 17.3 Å². The van der Waals surface area contributed by atoms with Crippen LogP contribution in [0.4, 0.5) is 11.6 Å². The summed E-state index contributed by atoms with van der Waals surface area (Å²) in [5.74, 6) is 2.20. The zero-order chi connectivity index (χ0) is 14.9. The highest BCUT2D eigenvalue weighted by atomic mass is 16.3. The van der Waals surface area contributed by atoms with Crippen LogP contribution in [0.3, 0.4) is 0 Å². The number of aromatic nitrogens is 3. The second-order valence-electron chi connectivity index (χ2n) is 6.14. The molecule has 1 aliphatic rings. The summed E-state index contributed by atoms with van der Waals surface area (Å²) >= 11 is 0. The number of fused-ring (bicyclic) bond motifs is 1. The van der Waals surface area contributed by atoms with Crippen molar-refractivity contribution in [3.8, 4) is 0 Å². The van der Waals surface area contributed by atoms with Crippen LogP contribution in [0.1, 0.15) is 32.6 Å². The normalized spacial score (nSPS) is 26.0. The van der Waals surface area contributed by atoms with Gasteiger partial charge in [-0.05, 0) is 31.6 Å². The molecular formula is C15H23N5O. The minimum absolute atomic E-state index is 0.516. The molecule has 0 aliphatic heterocycles. The second kappa shape index (κ2) is 5.52. The summed E-state index contributed by atoms with van der Waals surface area (Å²) < 4.78 is 1.92. The van der Waals surface area contributed by atoms with Gasteiger partial charge in [-0.15, -0.1) is 0 Å². The van der Waals surface area contributed by atoms with E-state index in [1.807, 2.05) is 23.8 Å². The number of rotatable bonds is 4. The van der Waals surface area contributed by atoms with Crippen molar-refractivity contribution in [3.63, 3.8) is 0 Å². The van der Waals surface area contributed by atoms with Gasteiger partial charge >= 0.3 is 0 Å². The minimum Gasteiger partial charge on any atom is -0.388 e. The van der Waals surface area contributed by atoms with Crippen LogP contribution in [0, 0.1) is 5.92 Å². The molecule has 0 amide bonds. The first-order chi connectivity index (χ1) is 10.1. The van der Waals surface area contributed by atoms with Crippen molar-refractivity contribution in [1.29, 1.82) is 0 Å². The Balaban J connectivity index is 1.77. The van der Waals surface area contributed by atoms with Crippen molar-refractivity contribution < 1.29 is 5.11 Å². The zero-order valence-corrected chi connectivity index (χ0v) is 12.6. The summed E-state index contributed by atoms with van der Waals surface area (Å²) in [6.07, 6.45) is 9.39. The zero-order valence-electron chi connectivity index (χ0n) is 12.6. The third-order valence-corrected chi connectivity index (χ3v) is 4.42. The molecular weight excluding hydrogens is 266 g/mol. The standard InChI is InChI=1S/C15H23N5O/c1-11-3-5-15(21,6-4-11)10-18-13-14-17-7-8-20(14)9-12(16-2)19-13/h7-9,11,16,21H,3-6,10H2,1-2H3,(H,18,19). The van der Waals surface area contributed by atoms with Crippen LogP contribution in [0.25, 0.3) is 5.65 Å². The molecule has 2 heterocycles. The highest BCUT2D eigenvalue weighted by Gasteiger charge is 2.31. The number of anilines is 2. The number of nitrogens with zero attached hydrogens (tertiary/aromatic N) is 3. The Labute approximate surface area is 124 Å². The highest BCUT2D eigenvalue weighted by molar-refractivity contribution is 5.65. The van der Waals surface area contributed by atoms with Crippen LogP contribution < -0.4 is 10.6 Å². The molecule has 6 heteroatoms. The second-order valence-corrected chi connectivity index (χ2v) is 6.14. The fraction of sp³-hybridized carbons (Fsp3) is 0.600. The molecule has 2 aromatic heterocycles. The SMILES string of the molecule is CNc1cn2ccnc2c(NCC2(O)CCC(C)CC2)n1. The topological polar surface area (TPSA) is 74.5 Å². The van der Waals surface area contributed by atoms with Gasteiger partial charge in [-0.3, -0.25) is 0 Å². The van der Waals surface area contributed by atoms with E-state index in [-0.39, 0.29) is 0 Å². The van der Waals surface area contributed by atoms with E-state index >= 15 is 0 Å². The van der Waals surface area contributed by atoms with Gasteiger partial charge in [0.25, 0.3) is 0 Å². The fourth-order valence-electron chi connectivity index (χ4n) is 2.90. The Bertz CT molecular complexity index is 616. The molecule has 6 nitrogen and oxygen atoms in total. The predicted molar refractivity (Wildman–Crippen MR) is 83.6 cm³/mol. The molecule has 3 N–H and O–H groups in total. The van der Waals surface area contributed by atoms with Crippen molar-refractivity contribution in [1.82, 2.24) is 14.4 Å². The molecule has 21 heavy (non-hydrogen) atoms. The first-order valence-corrected chi connectivity index (χ1v) is 7.57. The molecule has 0 bridgehead atoms. The van der Waals surface area contributed by atoms with Crippen LogP contribution in [0.15, 0.2) is 18.6 Å². The third-order valence-electron chi connectivity index (χ3n) is 4.42. The maximum atomic E-state index is 10.7. The van der Waals surface area contributed by atoms with Crippen molar-refractivity contribution in [2.24, 2.45) is 5.92 Å². The monoisotopic (exact) mass is 289 g/mol. The van der Waals surface area contributed by atoms with E-state index in [1.54, 1.807) is 6.20 Å². The van der Waals surface area contributed by atoms with E-state index < -0.39 is 5.60 Å². The first kappa shape index (κ1) is 14.1. The van der Waals surface area contributed by atoms with Crippen LogP contribution >= 0.6 is 0 Å². The molecule has 1 aliphatic carbocycles. The van der Waals surface area contributed by atoms with Crippen molar-refractivity contribution in [2.45, 2.75) is 38.2 Å². The minimum atomic E-state index is -0.632. The molecule has 0 spiro atoms. The highest BCUT2D eigenvalue weighted by Crippen LogP contribution is 2.32. The van der Waals surface area contributed by atoms with Crippen LogP contribution in [-0.4, -0.2) is 38.7 Å². The van der Waals surface area contributed by atoms with Crippen LogP contribution in [-0.2, 0) is 0 Å². The van der Waals surface area contributed by atoms with Gasteiger partial charge in [0.15, 0.2) is 11.5 Å². The molecule has 3 rings (SSSR count). The van der Waals surface area contributed by atoms with Gasteiger partial charge in [-0.2, -0.15) is 0 Å². The Morgan fingerprint density at radius 1 is 1.43 bits per heavy atom. The molecule has 0 atom stereocenters. The molecule has 114 valence electrons. The molecule has 0 aromatic carbocycles. The number of nitrogens with one attached hydrogen (secondary N) is 2. The lowest BCUT2D eigenvalue weighted by molar-refractivity contribution is 0.00497. The van der Waals surface area contributed by atoms with E-state index in [2.05, 4.69) is 27.5 Å². The smallest absolute Gasteiger partial charge is 0.180 e. The average molecular weight is 289 g/mol. The molecule has 0 unspecified atom stereocenters. The Kier molecular flexibility index (Phi) is 3.71. The van der Waals surface area contributed by atoms with Gasteiger partial charge < -0.3 is 20.1 Å². The third kappa shape index (κ3) is 2.95. The fourth-order valence-corrected chi connectivity index (χ4v) is 2.90. The lowest BCUT2D eigenvalue weighted by Crippen LogP contribution is -2.40. The van der Waals surface area contributed by atoms with Gasteiger partial charge in [0.1, 0.15) is 5.82 Å². The van der Waals surface area contributed by atoms with E-state index in [1.165, 1.54) is 0 Å². The van der Waals surface area contributed by atoms with Gasteiger partial charge in [0.05, 0.1) is 11.8 Å². The summed E-state index contributed by atoms with van der Waals surface area (Å²) in [5, 5.41) is 17.0. The van der Waals surface area contributed by atoms with Crippen LogP contribution in [0.2, 0.25) is 0 Å². The largest absolute Gasteiger partial charge is 0.388 e. The van der Waals surface area contributed by atoms with E-state index in [9.17, 15) is 5.11 Å². The predicted octanol–water partition coefficient (Wildman–Crippen LogP) is 2.12. The number of hydrogen-bond acceptors (Lipinski definition) is 5. The van der Waals surface area contributed by atoms with Gasteiger partial charge in [0.2, 0.25) is 0 Å². The Hall–Kier alpha value is -1.82. The van der Waals surface area contributed by atoms with Gasteiger partial charge in [-0.25, -0.2) is 9.97 Å². The van der Waals surface area contributed by atoms with Crippen molar-refractivity contribution in [3.05, 3.63) is 18.6 Å². The summed E-state index contributed by atoms with van der Waals surface area (Å²) in [5.41, 5.74) is 0.148. The summed E-state index contributed by atoms with van der Waals surface area (Å²) in [7, 11) is 1.84. The van der Waals surface area contributed by atoms with Crippen molar-refractivity contribution in [2.75, 3.05) is 24.2 Å². The van der Waals surface area contributed by atoms with E-state index in [0.29, 0.717) is 12.4 Å². The van der Waals surface area contributed by atoms with E-state index in [4.69, 9.17) is 0 Å². The number of imidazole rings is 1. The lowest BCUT2D eigenvalue weighted by atomic mass is 9.79. The molecule has 1 saturated carbocycles. The summed E-state index contributed by atoms with van der Waals surface area (Å²) in [6, 6.07) is 0. The average Bonchev–Trinajstić information content (AvgIpc) is 2.96. The molecule has 0 saturated heterocycles. The Morgan fingerprint density at radius 2 is 2.19 bits per heavy atom. The summed E-state index contributed by atoms with van der Waals surface area (Å²) in [6.45, 7) is 2.77.